The molecule has 36 heavy (non-hydrogen) atoms. The van der Waals surface area contributed by atoms with Crippen molar-refractivity contribution in [3.63, 3.8) is 0 Å². The number of ether oxygens (including phenoxy) is 2. The zero-order chi connectivity index (χ0) is 24.7. The van der Waals surface area contributed by atoms with Crippen LogP contribution in [-0.4, -0.2) is 16.9 Å². The van der Waals surface area contributed by atoms with Gasteiger partial charge in [-0.05, 0) is 40.5 Å². The van der Waals surface area contributed by atoms with Gasteiger partial charge >= 0.3 is 6.09 Å². The number of nitrogens with zero attached hydrogens (tertiary/aromatic N) is 1. The van der Waals surface area contributed by atoms with Crippen molar-refractivity contribution in [3.05, 3.63) is 144 Å². The average molecular weight is 476 g/mol. The van der Waals surface area contributed by atoms with Crippen LogP contribution in [0.1, 0.15) is 34.4 Å². The molecule has 1 aliphatic heterocycles. The van der Waals surface area contributed by atoms with Crippen LogP contribution in [-0.2, 0) is 16.1 Å². The van der Waals surface area contributed by atoms with Gasteiger partial charge in [0.15, 0.2) is 6.10 Å². The average Bonchev–Trinajstić information content (AvgIpc) is 3.29. The molecule has 2 unspecified atom stereocenters. The van der Waals surface area contributed by atoms with E-state index in [9.17, 15) is 9.59 Å². The van der Waals surface area contributed by atoms with Crippen LogP contribution in [0.15, 0.2) is 121 Å². The SMILES string of the molecule is O=C(/C=C/c1cccc(OCc2ccccc2)c1)N1C(=O)OC(c2ccccc2)C1c1ccccc1. The van der Waals surface area contributed by atoms with Gasteiger partial charge in [-0.15, -0.1) is 0 Å². The predicted molar refractivity (Wildman–Crippen MR) is 138 cm³/mol. The van der Waals surface area contributed by atoms with Crippen LogP contribution in [0.3, 0.4) is 0 Å². The lowest BCUT2D eigenvalue weighted by Crippen LogP contribution is -2.33. The van der Waals surface area contributed by atoms with Crippen LogP contribution in [0.25, 0.3) is 6.08 Å². The number of carbonyl (C=O) groups is 2. The Morgan fingerprint density at radius 1 is 0.806 bits per heavy atom. The van der Waals surface area contributed by atoms with Crippen molar-refractivity contribution >= 4 is 18.1 Å². The van der Waals surface area contributed by atoms with Crippen LogP contribution in [0.5, 0.6) is 5.75 Å². The summed E-state index contributed by atoms with van der Waals surface area (Å²) in [5, 5.41) is 0. The summed E-state index contributed by atoms with van der Waals surface area (Å²) >= 11 is 0. The molecule has 0 spiro atoms. The molecule has 0 radical (unpaired) electrons. The van der Waals surface area contributed by atoms with Crippen molar-refractivity contribution in [2.75, 3.05) is 0 Å². The Balaban J connectivity index is 1.35. The molecule has 5 rings (SSSR count). The third-order valence-corrected chi connectivity index (χ3v) is 6.02. The van der Waals surface area contributed by atoms with Crippen molar-refractivity contribution < 1.29 is 19.1 Å². The van der Waals surface area contributed by atoms with Gasteiger partial charge in [0.1, 0.15) is 18.4 Å². The molecule has 5 heteroatoms. The fraction of sp³-hybridized carbons (Fsp3) is 0.0968. The van der Waals surface area contributed by atoms with Gasteiger partial charge in [0.25, 0.3) is 5.91 Å². The summed E-state index contributed by atoms with van der Waals surface area (Å²) in [5.41, 5.74) is 3.52. The maximum absolute atomic E-state index is 13.3. The topological polar surface area (TPSA) is 55.8 Å². The van der Waals surface area contributed by atoms with Crippen molar-refractivity contribution in [2.24, 2.45) is 0 Å². The second kappa shape index (κ2) is 10.7. The molecular weight excluding hydrogens is 450 g/mol. The number of benzene rings is 4. The highest BCUT2D eigenvalue weighted by Crippen LogP contribution is 2.43. The van der Waals surface area contributed by atoms with E-state index in [4.69, 9.17) is 9.47 Å². The Bertz CT molecular complexity index is 1350. The molecule has 4 aromatic carbocycles. The standard InChI is InChI=1S/C31H25NO4/c33-28(20-19-23-13-10-18-27(21-23)35-22-24-11-4-1-5-12-24)32-29(25-14-6-2-7-15-25)30(36-31(32)34)26-16-8-3-9-17-26/h1-21,29-30H,22H2/b20-19+. The van der Waals surface area contributed by atoms with E-state index < -0.39 is 24.1 Å². The summed E-state index contributed by atoms with van der Waals surface area (Å²) in [5.74, 6) is 0.253. The van der Waals surface area contributed by atoms with E-state index in [-0.39, 0.29) is 0 Å². The molecule has 1 saturated heterocycles. The number of imide groups is 1. The van der Waals surface area contributed by atoms with Crippen molar-refractivity contribution in [1.29, 1.82) is 0 Å². The van der Waals surface area contributed by atoms with E-state index in [0.717, 1.165) is 22.3 Å². The molecule has 1 fully saturated rings. The van der Waals surface area contributed by atoms with E-state index in [2.05, 4.69) is 0 Å². The van der Waals surface area contributed by atoms with Crippen LogP contribution in [0.2, 0.25) is 0 Å². The molecule has 2 atom stereocenters. The van der Waals surface area contributed by atoms with Crippen molar-refractivity contribution in [3.8, 4) is 5.75 Å². The predicted octanol–water partition coefficient (Wildman–Crippen LogP) is 6.74. The van der Waals surface area contributed by atoms with Gasteiger partial charge in [-0.3, -0.25) is 4.79 Å². The van der Waals surface area contributed by atoms with Gasteiger partial charge in [-0.2, -0.15) is 0 Å². The summed E-state index contributed by atoms with van der Waals surface area (Å²) in [6.07, 6.45) is 1.84. The van der Waals surface area contributed by atoms with Gasteiger partial charge in [-0.1, -0.05) is 103 Å². The van der Waals surface area contributed by atoms with Gasteiger partial charge in [0.05, 0.1) is 0 Å². The molecule has 178 valence electrons. The fourth-order valence-corrected chi connectivity index (χ4v) is 4.27. The smallest absolute Gasteiger partial charge is 0.418 e. The minimum Gasteiger partial charge on any atom is -0.489 e. The van der Waals surface area contributed by atoms with Crippen LogP contribution in [0, 0.1) is 0 Å². The summed E-state index contributed by atoms with van der Waals surface area (Å²) in [4.78, 5) is 27.4. The summed E-state index contributed by atoms with van der Waals surface area (Å²) < 4.78 is 11.6. The lowest BCUT2D eigenvalue weighted by molar-refractivity contribution is -0.124. The van der Waals surface area contributed by atoms with E-state index in [1.54, 1.807) is 6.08 Å². The maximum atomic E-state index is 13.3. The lowest BCUT2D eigenvalue weighted by atomic mass is 9.95. The van der Waals surface area contributed by atoms with Gasteiger partial charge in [0, 0.05) is 6.08 Å². The molecule has 2 amide bonds. The molecule has 5 nitrogen and oxygen atoms in total. The molecule has 0 aliphatic carbocycles. The van der Waals surface area contributed by atoms with E-state index in [0.29, 0.717) is 12.4 Å². The van der Waals surface area contributed by atoms with Crippen LogP contribution >= 0.6 is 0 Å². The molecule has 4 aromatic rings. The van der Waals surface area contributed by atoms with Gasteiger partial charge in [-0.25, -0.2) is 9.69 Å². The molecular formula is C31H25NO4. The molecule has 1 aliphatic rings. The summed E-state index contributed by atoms with van der Waals surface area (Å²) in [6.45, 7) is 0.451. The van der Waals surface area contributed by atoms with E-state index >= 15 is 0 Å². The first-order chi connectivity index (χ1) is 17.7. The monoisotopic (exact) mass is 475 g/mol. The molecule has 0 bridgehead atoms. The number of hydrogen-bond acceptors (Lipinski definition) is 4. The largest absolute Gasteiger partial charge is 0.489 e. The highest BCUT2D eigenvalue weighted by Gasteiger charge is 2.46. The van der Waals surface area contributed by atoms with Gasteiger partial charge in [0.2, 0.25) is 0 Å². The third kappa shape index (κ3) is 5.20. The highest BCUT2D eigenvalue weighted by molar-refractivity contribution is 6.02. The second-order valence-electron chi connectivity index (χ2n) is 8.46. The zero-order valence-corrected chi connectivity index (χ0v) is 19.6. The summed E-state index contributed by atoms with van der Waals surface area (Å²) in [7, 11) is 0. The Kier molecular flexibility index (Phi) is 6.90. The van der Waals surface area contributed by atoms with Crippen LogP contribution < -0.4 is 4.74 Å². The number of hydrogen-bond donors (Lipinski definition) is 0. The molecule has 0 saturated carbocycles. The highest BCUT2D eigenvalue weighted by atomic mass is 16.6. The number of amides is 2. The normalized spacial score (nSPS) is 17.2. The molecule has 1 heterocycles. The Labute approximate surface area is 210 Å². The Hall–Kier alpha value is -4.64. The lowest BCUT2D eigenvalue weighted by Gasteiger charge is -2.23. The number of carbonyl (C=O) groups excluding carboxylic acids is 2. The summed E-state index contributed by atoms with van der Waals surface area (Å²) in [6, 6.07) is 35.8. The van der Waals surface area contributed by atoms with E-state index in [1.807, 2.05) is 115 Å². The number of rotatable bonds is 7. The third-order valence-electron chi connectivity index (χ3n) is 6.02. The first-order valence-electron chi connectivity index (χ1n) is 11.8. The fourth-order valence-electron chi connectivity index (χ4n) is 4.27. The molecule has 0 aromatic heterocycles. The Morgan fingerprint density at radius 3 is 2.14 bits per heavy atom. The van der Waals surface area contributed by atoms with Crippen molar-refractivity contribution in [2.45, 2.75) is 18.8 Å². The maximum Gasteiger partial charge on any atom is 0.418 e. The minimum absolute atomic E-state index is 0.442. The zero-order valence-electron chi connectivity index (χ0n) is 19.6. The quantitative estimate of drug-likeness (QED) is 0.278. The second-order valence-corrected chi connectivity index (χ2v) is 8.46. The molecule has 0 N–H and O–H groups in total. The van der Waals surface area contributed by atoms with Crippen molar-refractivity contribution in [1.82, 2.24) is 4.90 Å². The minimum atomic E-state index is -0.660. The number of cyclic esters (lactones) is 1. The first-order valence-corrected chi connectivity index (χ1v) is 11.8. The van der Waals surface area contributed by atoms with E-state index in [1.165, 1.54) is 11.0 Å². The van der Waals surface area contributed by atoms with Crippen LogP contribution in [0.4, 0.5) is 4.79 Å². The van der Waals surface area contributed by atoms with Gasteiger partial charge < -0.3 is 9.47 Å². The first kappa shape index (κ1) is 23.1. The Morgan fingerprint density at radius 2 is 1.44 bits per heavy atom.